The molecule has 2 aromatic heterocycles. The molecule has 1 N–H and O–H groups in total. The third-order valence-corrected chi connectivity index (χ3v) is 5.23. The lowest BCUT2D eigenvalue weighted by atomic mass is 9.98. The van der Waals surface area contributed by atoms with Gasteiger partial charge in [0, 0.05) is 19.3 Å². The first-order chi connectivity index (χ1) is 12.8. The van der Waals surface area contributed by atoms with Crippen molar-refractivity contribution < 1.29 is 14.4 Å². The lowest BCUT2D eigenvalue weighted by Crippen LogP contribution is -2.35. The number of ether oxygens (including phenoxy) is 1. The molecule has 0 atom stereocenters. The predicted molar refractivity (Wildman–Crippen MR) is 95.5 cm³/mol. The Morgan fingerprint density at radius 2 is 1.96 bits per heavy atom. The van der Waals surface area contributed by atoms with Crippen LogP contribution in [0.15, 0.2) is 22.9 Å². The first kappa shape index (κ1) is 17.4. The van der Waals surface area contributed by atoms with Crippen LogP contribution in [0.4, 0.5) is 0 Å². The SMILES string of the molecule is OC1CCN(Cc2nc(-c3cccnc3OC3CCCCC3)no2)CC1. The van der Waals surface area contributed by atoms with E-state index >= 15 is 0 Å². The van der Waals surface area contributed by atoms with Crippen LogP contribution in [0.5, 0.6) is 5.88 Å². The molecule has 0 unspecified atom stereocenters. The summed E-state index contributed by atoms with van der Waals surface area (Å²) in [6.07, 6.45) is 9.24. The van der Waals surface area contributed by atoms with Gasteiger partial charge in [-0.1, -0.05) is 11.6 Å². The average molecular weight is 358 g/mol. The van der Waals surface area contributed by atoms with Gasteiger partial charge in [-0.3, -0.25) is 4.90 Å². The van der Waals surface area contributed by atoms with Crippen LogP contribution in [0.2, 0.25) is 0 Å². The second-order valence-corrected chi connectivity index (χ2v) is 7.25. The fourth-order valence-electron chi connectivity index (χ4n) is 3.69. The molecule has 7 nitrogen and oxygen atoms in total. The fourth-order valence-corrected chi connectivity index (χ4v) is 3.69. The highest BCUT2D eigenvalue weighted by molar-refractivity contribution is 5.60. The molecule has 26 heavy (non-hydrogen) atoms. The van der Waals surface area contributed by atoms with E-state index in [-0.39, 0.29) is 12.2 Å². The number of piperidine rings is 1. The van der Waals surface area contributed by atoms with E-state index in [9.17, 15) is 5.11 Å². The van der Waals surface area contributed by atoms with E-state index < -0.39 is 0 Å². The van der Waals surface area contributed by atoms with E-state index in [1.54, 1.807) is 6.20 Å². The maximum Gasteiger partial charge on any atom is 0.241 e. The Balaban J connectivity index is 1.45. The molecular formula is C19H26N4O3. The molecule has 0 radical (unpaired) electrons. The van der Waals surface area contributed by atoms with Crippen LogP contribution in [0.3, 0.4) is 0 Å². The zero-order chi connectivity index (χ0) is 17.8. The smallest absolute Gasteiger partial charge is 0.241 e. The molecule has 0 amide bonds. The molecule has 140 valence electrons. The molecule has 3 heterocycles. The van der Waals surface area contributed by atoms with Crippen molar-refractivity contribution in [2.75, 3.05) is 13.1 Å². The minimum atomic E-state index is -0.181. The van der Waals surface area contributed by atoms with Crippen molar-refractivity contribution in [1.29, 1.82) is 0 Å². The zero-order valence-electron chi connectivity index (χ0n) is 15.0. The van der Waals surface area contributed by atoms with Gasteiger partial charge in [-0.2, -0.15) is 4.98 Å². The van der Waals surface area contributed by atoms with Crippen molar-refractivity contribution in [3.63, 3.8) is 0 Å². The first-order valence-electron chi connectivity index (χ1n) is 9.63. The van der Waals surface area contributed by atoms with Crippen molar-refractivity contribution in [3.8, 4) is 17.3 Å². The molecule has 0 aromatic carbocycles. The van der Waals surface area contributed by atoms with Crippen molar-refractivity contribution in [2.24, 2.45) is 0 Å². The van der Waals surface area contributed by atoms with Crippen LogP contribution in [-0.2, 0) is 6.54 Å². The normalized spacial score (nSPS) is 20.3. The third-order valence-electron chi connectivity index (χ3n) is 5.23. The topological polar surface area (TPSA) is 84.5 Å². The summed E-state index contributed by atoms with van der Waals surface area (Å²) >= 11 is 0. The second-order valence-electron chi connectivity index (χ2n) is 7.25. The molecule has 1 saturated heterocycles. The molecule has 0 spiro atoms. The molecule has 2 aromatic rings. The zero-order valence-corrected chi connectivity index (χ0v) is 15.0. The maximum atomic E-state index is 9.61. The quantitative estimate of drug-likeness (QED) is 0.879. The summed E-state index contributed by atoms with van der Waals surface area (Å²) in [6.45, 7) is 2.31. The van der Waals surface area contributed by atoms with Gasteiger partial charge in [0.25, 0.3) is 0 Å². The van der Waals surface area contributed by atoms with Crippen LogP contribution in [-0.4, -0.2) is 50.4 Å². The average Bonchev–Trinajstić information content (AvgIpc) is 3.13. The van der Waals surface area contributed by atoms with E-state index in [1.807, 2.05) is 12.1 Å². The lowest BCUT2D eigenvalue weighted by molar-refractivity contribution is 0.0740. The number of nitrogens with zero attached hydrogens (tertiary/aromatic N) is 4. The number of hydrogen-bond donors (Lipinski definition) is 1. The molecule has 4 rings (SSSR count). The Bertz CT molecular complexity index is 706. The predicted octanol–water partition coefficient (Wildman–Crippen LogP) is 2.80. The summed E-state index contributed by atoms with van der Waals surface area (Å²) < 4.78 is 11.6. The van der Waals surface area contributed by atoms with Crippen LogP contribution in [0.25, 0.3) is 11.4 Å². The molecular weight excluding hydrogens is 332 g/mol. The van der Waals surface area contributed by atoms with Gasteiger partial charge in [0.05, 0.1) is 18.2 Å². The Hall–Kier alpha value is -1.99. The van der Waals surface area contributed by atoms with Gasteiger partial charge in [0.15, 0.2) is 0 Å². The molecule has 7 heteroatoms. The lowest BCUT2D eigenvalue weighted by Gasteiger charge is -2.27. The molecule has 0 bridgehead atoms. The standard InChI is InChI=1S/C19H26N4O3/c24-14-8-11-23(12-9-14)13-17-21-18(22-26-17)16-7-4-10-20-19(16)25-15-5-2-1-3-6-15/h4,7,10,14-15,24H,1-3,5-6,8-9,11-13H2. The Labute approximate surface area is 153 Å². The summed E-state index contributed by atoms with van der Waals surface area (Å²) in [4.78, 5) is 11.2. The van der Waals surface area contributed by atoms with Gasteiger partial charge in [-0.15, -0.1) is 0 Å². The van der Waals surface area contributed by atoms with Crippen molar-refractivity contribution in [2.45, 2.75) is 63.7 Å². The fraction of sp³-hybridized carbons (Fsp3) is 0.632. The molecule has 1 aliphatic heterocycles. The summed E-state index contributed by atoms with van der Waals surface area (Å²) in [6, 6.07) is 3.79. The van der Waals surface area contributed by atoms with Gasteiger partial charge < -0.3 is 14.4 Å². The summed E-state index contributed by atoms with van der Waals surface area (Å²) in [7, 11) is 0. The first-order valence-corrected chi connectivity index (χ1v) is 9.63. The van der Waals surface area contributed by atoms with Crippen LogP contribution in [0, 0.1) is 0 Å². The summed E-state index contributed by atoms with van der Waals surface area (Å²) in [5.41, 5.74) is 0.780. The molecule has 2 fully saturated rings. The van der Waals surface area contributed by atoms with Gasteiger partial charge in [-0.25, -0.2) is 4.98 Å². The van der Waals surface area contributed by atoms with Gasteiger partial charge in [0.1, 0.15) is 6.10 Å². The summed E-state index contributed by atoms with van der Waals surface area (Å²) in [5, 5.41) is 13.8. The number of rotatable bonds is 5. The Morgan fingerprint density at radius 3 is 2.77 bits per heavy atom. The highest BCUT2D eigenvalue weighted by atomic mass is 16.5. The molecule has 2 aliphatic rings. The van der Waals surface area contributed by atoms with Crippen molar-refractivity contribution in [3.05, 3.63) is 24.2 Å². The number of aromatic nitrogens is 3. The van der Waals surface area contributed by atoms with Crippen LogP contribution < -0.4 is 4.74 Å². The minimum Gasteiger partial charge on any atom is -0.474 e. The number of likely N-dealkylation sites (tertiary alicyclic amines) is 1. The van der Waals surface area contributed by atoms with Crippen molar-refractivity contribution in [1.82, 2.24) is 20.0 Å². The Kier molecular flexibility index (Phi) is 5.45. The van der Waals surface area contributed by atoms with Crippen LogP contribution >= 0.6 is 0 Å². The van der Waals surface area contributed by atoms with Crippen LogP contribution in [0.1, 0.15) is 50.8 Å². The van der Waals surface area contributed by atoms with E-state index in [2.05, 4.69) is 20.0 Å². The number of hydrogen-bond acceptors (Lipinski definition) is 7. The molecule has 1 saturated carbocycles. The number of pyridine rings is 1. The highest BCUT2D eigenvalue weighted by Crippen LogP contribution is 2.29. The monoisotopic (exact) mass is 358 g/mol. The number of aliphatic hydroxyl groups is 1. The van der Waals surface area contributed by atoms with Gasteiger partial charge in [-0.05, 0) is 50.7 Å². The maximum absolute atomic E-state index is 9.61. The largest absolute Gasteiger partial charge is 0.474 e. The van der Waals surface area contributed by atoms with E-state index in [0.29, 0.717) is 24.1 Å². The van der Waals surface area contributed by atoms with E-state index in [4.69, 9.17) is 9.26 Å². The third kappa shape index (κ3) is 4.22. The minimum absolute atomic E-state index is 0.181. The van der Waals surface area contributed by atoms with Gasteiger partial charge >= 0.3 is 0 Å². The molecule has 1 aliphatic carbocycles. The summed E-state index contributed by atoms with van der Waals surface area (Å²) in [5.74, 6) is 1.70. The second kappa shape index (κ2) is 8.14. The van der Waals surface area contributed by atoms with Crippen molar-refractivity contribution >= 4 is 0 Å². The van der Waals surface area contributed by atoms with E-state index in [0.717, 1.165) is 44.3 Å². The van der Waals surface area contributed by atoms with E-state index in [1.165, 1.54) is 19.3 Å². The highest BCUT2D eigenvalue weighted by Gasteiger charge is 2.22. The Morgan fingerprint density at radius 1 is 1.15 bits per heavy atom. The number of aliphatic hydroxyl groups excluding tert-OH is 1. The van der Waals surface area contributed by atoms with Gasteiger partial charge in [0.2, 0.25) is 17.6 Å².